The number of urea groups is 1. The first kappa shape index (κ1) is 32.8. The van der Waals surface area contributed by atoms with E-state index in [1.54, 1.807) is 30.1 Å². The highest BCUT2D eigenvalue weighted by Gasteiger charge is 2.40. The number of carbonyl (C=O) groups is 5. The fraction of sp³-hybridized carbons (Fsp3) is 0.316. The second-order valence-corrected chi connectivity index (χ2v) is 13.1. The van der Waals surface area contributed by atoms with Crippen LogP contribution < -0.4 is 15.5 Å². The lowest BCUT2D eigenvalue weighted by Crippen LogP contribution is -2.52. The van der Waals surface area contributed by atoms with Crippen molar-refractivity contribution in [1.29, 1.82) is 0 Å². The Morgan fingerprint density at radius 1 is 1.00 bits per heavy atom. The van der Waals surface area contributed by atoms with Gasteiger partial charge in [0.15, 0.2) is 0 Å². The zero-order valence-corrected chi connectivity index (χ0v) is 28.2. The lowest BCUT2D eigenvalue weighted by atomic mass is 9.90. The number of unbranched alkanes of at least 4 members (excludes halogenated alkanes) is 1. The second kappa shape index (κ2) is 13.3. The number of aryl methyl sites for hydroxylation is 2. The van der Waals surface area contributed by atoms with Crippen LogP contribution in [0, 0.1) is 13.8 Å². The van der Waals surface area contributed by atoms with E-state index in [1.165, 1.54) is 4.90 Å². The summed E-state index contributed by atoms with van der Waals surface area (Å²) in [5.41, 5.74) is 7.13. The highest BCUT2D eigenvalue weighted by molar-refractivity contribution is 6.07. The Hall–Kier alpha value is -5.78. The number of imide groups is 1. The maximum absolute atomic E-state index is 13.8. The van der Waals surface area contributed by atoms with Crippen LogP contribution in [0.1, 0.15) is 76.6 Å². The van der Waals surface area contributed by atoms with E-state index < -0.39 is 11.9 Å². The van der Waals surface area contributed by atoms with Crippen molar-refractivity contribution in [3.05, 3.63) is 100 Å². The Kier molecular flexibility index (Phi) is 8.69. The van der Waals surface area contributed by atoms with E-state index in [9.17, 15) is 24.0 Å². The number of fused-ring (bicyclic) bond motifs is 2. The minimum atomic E-state index is -0.734. The number of nitrogens with zero attached hydrogens (tertiary/aromatic N) is 4. The van der Waals surface area contributed by atoms with Gasteiger partial charge in [0.05, 0.1) is 17.4 Å². The van der Waals surface area contributed by atoms with Crippen LogP contribution in [0.3, 0.4) is 0 Å². The fourth-order valence-electron chi connectivity index (χ4n) is 7.41. The maximum Gasteiger partial charge on any atom is 0.325 e. The molecule has 0 bridgehead atoms. The van der Waals surface area contributed by atoms with Crippen molar-refractivity contribution in [1.82, 2.24) is 20.3 Å². The van der Waals surface area contributed by atoms with Gasteiger partial charge >= 0.3 is 6.03 Å². The molecule has 7 rings (SSSR count). The lowest BCUT2D eigenvalue weighted by molar-refractivity contribution is -0.137. The third-order valence-corrected chi connectivity index (χ3v) is 9.87. The molecule has 256 valence electrons. The first-order valence-corrected chi connectivity index (χ1v) is 16.8. The highest BCUT2D eigenvalue weighted by atomic mass is 16.5. The smallest absolute Gasteiger partial charge is 0.325 e. The SMILES string of the molecule is Cc1noc(C)c1-c1ccc2c(c1)C(c1ccccc1)N(CCCCC(=O)Nc1cccc3c1CN(C1CCC(=O)NC1=O)C3=O)C(=O)N2C. The van der Waals surface area contributed by atoms with Crippen molar-refractivity contribution in [2.24, 2.45) is 0 Å². The monoisotopic (exact) mass is 674 g/mol. The van der Waals surface area contributed by atoms with Crippen LogP contribution in [-0.2, 0) is 20.9 Å². The molecule has 1 fully saturated rings. The van der Waals surface area contributed by atoms with Crippen LogP contribution in [0.2, 0.25) is 0 Å². The zero-order valence-electron chi connectivity index (χ0n) is 28.2. The van der Waals surface area contributed by atoms with Gasteiger partial charge in [0, 0.05) is 60.9 Å². The molecule has 6 amide bonds. The lowest BCUT2D eigenvalue weighted by Gasteiger charge is -2.42. The first-order valence-electron chi connectivity index (χ1n) is 16.8. The summed E-state index contributed by atoms with van der Waals surface area (Å²) in [5.74, 6) is -0.600. The number of nitrogens with one attached hydrogen (secondary N) is 2. The molecule has 12 heteroatoms. The van der Waals surface area contributed by atoms with Gasteiger partial charge in [0.1, 0.15) is 11.8 Å². The quantitative estimate of drug-likeness (QED) is 0.176. The molecule has 2 atom stereocenters. The highest BCUT2D eigenvalue weighted by Crippen LogP contribution is 2.43. The van der Waals surface area contributed by atoms with Crippen molar-refractivity contribution >= 4 is 41.0 Å². The number of rotatable bonds is 9. The van der Waals surface area contributed by atoms with E-state index in [0.29, 0.717) is 36.2 Å². The number of benzene rings is 3. The van der Waals surface area contributed by atoms with Crippen LogP contribution in [-0.4, -0.2) is 64.3 Å². The van der Waals surface area contributed by atoms with Crippen molar-refractivity contribution in [2.45, 2.75) is 64.6 Å². The molecule has 4 aromatic rings. The van der Waals surface area contributed by atoms with Gasteiger partial charge in [-0.3, -0.25) is 29.4 Å². The third-order valence-electron chi connectivity index (χ3n) is 9.87. The predicted octanol–water partition coefficient (Wildman–Crippen LogP) is 5.49. The molecule has 2 unspecified atom stereocenters. The Bertz CT molecular complexity index is 2000. The minimum absolute atomic E-state index is 0.119. The number of anilines is 2. The van der Waals surface area contributed by atoms with E-state index in [4.69, 9.17) is 4.52 Å². The molecule has 3 aromatic carbocycles. The number of amides is 6. The minimum Gasteiger partial charge on any atom is -0.361 e. The van der Waals surface area contributed by atoms with Gasteiger partial charge in [-0.1, -0.05) is 47.6 Å². The van der Waals surface area contributed by atoms with E-state index in [2.05, 4.69) is 21.9 Å². The molecule has 0 spiro atoms. The summed E-state index contributed by atoms with van der Waals surface area (Å²) in [6, 6.07) is 20.0. The van der Waals surface area contributed by atoms with Crippen LogP contribution in [0.4, 0.5) is 16.2 Å². The van der Waals surface area contributed by atoms with E-state index in [1.807, 2.05) is 61.2 Å². The van der Waals surface area contributed by atoms with E-state index in [-0.39, 0.29) is 55.6 Å². The van der Waals surface area contributed by atoms with Crippen LogP contribution in [0.5, 0.6) is 0 Å². The zero-order chi connectivity index (χ0) is 35.1. The average molecular weight is 675 g/mol. The van der Waals surface area contributed by atoms with Crippen LogP contribution in [0.25, 0.3) is 11.1 Å². The second-order valence-electron chi connectivity index (χ2n) is 13.1. The number of hydrogen-bond acceptors (Lipinski definition) is 7. The molecular formula is C38H38N6O6. The number of hydrogen-bond donors (Lipinski definition) is 2. The molecule has 3 aliphatic heterocycles. The molecule has 50 heavy (non-hydrogen) atoms. The molecule has 3 aliphatic rings. The summed E-state index contributed by atoms with van der Waals surface area (Å²) in [6.07, 6.45) is 1.77. The molecule has 0 radical (unpaired) electrons. The summed E-state index contributed by atoms with van der Waals surface area (Å²) < 4.78 is 5.45. The maximum atomic E-state index is 13.8. The van der Waals surface area contributed by atoms with Crippen molar-refractivity contribution in [3.8, 4) is 11.1 Å². The van der Waals surface area contributed by atoms with Gasteiger partial charge < -0.3 is 19.6 Å². The van der Waals surface area contributed by atoms with Gasteiger partial charge in [-0.2, -0.15) is 0 Å². The Balaban J connectivity index is 1.04. The molecular weight excluding hydrogens is 636 g/mol. The summed E-state index contributed by atoms with van der Waals surface area (Å²) >= 11 is 0. The van der Waals surface area contributed by atoms with Crippen molar-refractivity contribution in [3.63, 3.8) is 0 Å². The molecule has 1 aromatic heterocycles. The Morgan fingerprint density at radius 2 is 1.80 bits per heavy atom. The van der Waals surface area contributed by atoms with Crippen molar-refractivity contribution < 1.29 is 28.5 Å². The standard InChI is InChI=1S/C38H38N6O6/c1-22-34(23(2)50-41-22)25-15-16-30-27(20-25)35(24-10-5-4-6-11-24)43(38(49)42(30)3)19-8-7-14-32(45)39-29-13-9-12-26-28(29)21-44(37(26)48)31-17-18-33(46)40-36(31)47/h4-6,9-13,15-16,20,31,35H,7-8,14,17-19,21H2,1-3H3,(H,39,45)(H,40,46,47). The summed E-state index contributed by atoms with van der Waals surface area (Å²) in [6.45, 7) is 4.41. The Morgan fingerprint density at radius 3 is 2.54 bits per heavy atom. The molecule has 12 nitrogen and oxygen atoms in total. The van der Waals surface area contributed by atoms with Gasteiger partial charge in [-0.05, 0) is 68.5 Å². The first-order chi connectivity index (χ1) is 24.1. The van der Waals surface area contributed by atoms with E-state index >= 15 is 0 Å². The number of aromatic nitrogens is 1. The van der Waals surface area contributed by atoms with Gasteiger partial charge in [0.2, 0.25) is 17.7 Å². The molecule has 0 saturated carbocycles. The van der Waals surface area contributed by atoms with E-state index in [0.717, 1.165) is 39.4 Å². The summed E-state index contributed by atoms with van der Waals surface area (Å²) in [7, 11) is 1.78. The fourth-order valence-corrected chi connectivity index (χ4v) is 7.41. The molecule has 4 heterocycles. The van der Waals surface area contributed by atoms with Gasteiger partial charge in [-0.25, -0.2) is 4.79 Å². The summed E-state index contributed by atoms with van der Waals surface area (Å²) in [4.78, 5) is 69.3. The number of piperidine rings is 1. The van der Waals surface area contributed by atoms with Gasteiger partial charge in [-0.15, -0.1) is 0 Å². The normalized spacial score (nSPS) is 18.7. The molecule has 2 N–H and O–H groups in total. The van der Waals surface area contributed by atoms with Crippen LogP contribution in [0.15, 0.2) is 71.3 Å². The summed E-state index contributed by atoms with van der Waals surface area (Å²) in [5, 5.41) is 9.41. The Labute approximate surface area is 289 Å². The van der Waals surface area contributed by atoms with Crippen molar-refractivity contribution in [2.75, 3.05) is 23.8 Å². The largest absolute Gasteiger partial charge is 0.361 e. The molecule has 1 saturated heterocycles. The average Bonchev–Trinajstić information content (AvgIpc) is 3.63. The van der Waals surface area contributed by atoms with Crippen LogP contribution >= 0.6 is 0 Å². The predicted molar refractivity (Wildman–Crippen MR) is 185 cm³/mol. The number of carbonyl (C=O) groups excluding carboxylic acids is 5. The van der Waals surface area contributed by atoms with Gasteiger partial charge in [0.25, 0.3) is 5.91 Å². The topological polar surface area (TPSA) is 145 Å². The molecule has 0 aliphatic carbocycles. The third kappa shape index (κ3) is 5.90.